The molecule has 1 amide bonds. The van der Waals surface area contributed by atoms with Crippen LogP contribution in [0.1, 0.15) is 6.92 Å². The van der Waals surface area contributed by atoms with Gasteiger partial charge in [-0.2, -0.15) is 4.99 Å². The number of carbonyl (C=O) groups is 1. The summed E-state index contributed by atoms with van der Waals surface area (Å²) < 4.78 is 0. The summed E-state index contributed by atoms with van der Waals surface area (Å²) in [7, 11) is 0. The summed E-state index contributed by atoms with van der Waals surface area (Å²) in [6, 6.07) is 0. The fourth-order valence-electron chi connectivity index (χ4n) is 0.486. The summed E-state index contributed by atoms with van der Waals surface area (Å²) >= 11 is 5.52. The van der Waals surface area contributed by atoms with Crippen molar-refractivity contribution < 1.29 is 4.79 Å². The van der Waals surface area contributed by atoms with Crippen molar-refractivity contribution in [1.29, 1.82) is 0 Å². The number of nitrogens with zero attached hydrogens (tertiary/aromatic N) is 2. The first-order chi connectivity index (χ1) is 4.22. The Morgan fingerprint density at radius 1 is 1.78 bits per heavy atom. The molecule has 1 atom stereocenters. The molecule has 1 aliphatic heterocycles. The van der Waals surface area contributed by atoms with Gasteiger partial charge in [-0.1, -0.05) is 0 Å². The average molecular weight is 145 g/mol. The van der Waals surface area contributed by atoms with Crippen LogP contribution >= 0.6 is 11.6 Å². The lowest BCUT2D eigenvalue weighted by Crippen LogP contribution is -2.23. The van der Waals surface area contributed by atoms with Gasteiger partial charge in [0.2, 0.25) is 0 Å². The van der Waals surface area contributed by atoms with Crippen LogP contribution in [-0.2, 0) is 4.79 Å². The van der Waals surface area contributed by atoms with E-state index in [1.165, 1.54) is 6.34 Å². The zero-order valence-electron chi connectivity index (χ0n) is 4.84. The maximum Gasteiger partial charge on any atom is 0.270 e. The third-order valence-corrected chi connectivity index (χ3v) is 1.53. The number of alkyl halides is 1. The minimum atomic E-state index is -0.644. The highest BCUT2D eigenvalue weighted by Crippen LogP contribution is 2.04. The molecule has 0 aromatic carbocycles. The maximum atomic E-state index is 10.6. The Balaban J connectivity index is 2.86. The molecule has 0 spiro atoms. The largest absolute Gasteiger partial charge is 0.270 e. The second-order valence-electron chi connectivity index (χ2n) is 1.72. The van der Waals surface area contributed by atoms with Crippen LogP contribution in [0.4, 0.5) is 0 Å². The second-order valence-corrected chi connectivity index (χ2v) is 2.15. The zero-order valence-corrected chi connectivity index (χ0v) is 5.59. The van der Waals surface area contributed by atoms with E-state index < -0.39 is 5.38 Å². The van der Waals surface area contributed by atoms with E-state index in [0.717, 1.165) is 0 Å². The predicted molar refractivity (Wildman–Crippen MR) is 36.2 cm³/mol. The molecule has 0 radical (unpaired) electrons. The molecule has 0 aliphatic carbocycles. The summed E-state index contributed by atoms with van der Waals surface area (Å²) in [6.45, 7) is 1.70. The van der Waals surface area contributed by atoms with E-state index in [0.29, 0.717) is 5.71 Å². The predicted octanol–water partition coefficient (Wildman–Crippen LogP) is 0.623. The first-order valence-corrected chi connectivity index (χ1v) is 2.90. The second kappa shape index (κ2) is 2.27. The van der Waals surface area contributed by atoms with E-state index >= 15 is 0 Å². The monoisotopic (exact) mass is 144 g/mol. The summed E-state index contributed by atoms with van der Waals surface area (Å²) in [5, 5.41) is -0.644. The molecule has 0 aromatic heterocycles. The summed E-state index contributed by atoms with van der Waals surface area (Å²) in [6.07, 6.45) is 1.22. The summed E-state index contributed by atoms with van der Waals surface area (Å²) in [5.74, 6) is -0.329. The minimum absolute atomic E-state index is 0.329. The number of carbonyl (C=O) groups excluding carboxylic acids is 1. The molecule has 4 heteroatoms. The molecule has 0 aromatic rings. The van der Waals surface area contributed by atoms with E-state index in [9.17, 15) is 4.79 Å². The van der Waals surface area contributed by atoms with Gasteiger partial charge >= 0.3 is 0 Å². The van der Waals surface area contributed by atoms with Crippen molar-refractivity contribution in [2.75, 3.05) is 0 Å². The molecule has 0 fully saturated rings. The Hall–Kier alpha value is -0.700. The van der Waals surface area contributed by atoms with Crippen LogP contribution in [0.2, 0.25) is 0 Å². The van der Waals surface area contributed by atoms with Gasteiger partial charge in [-0.05, 0) is 6.92 Å². The van der Waals surface area contributed by atoms with Crippen LogP contribution in [0.25, 0.3) is 0 Å². The van der Waals surface area contributed by atoms with Crippen molar-refractivity contribution in [2.24, 2.45) is 9.98 Å². The average Bonchev–Trinajstić information content (AvgIpc) is 1.83. The van der Waals surface area contributed by atoms with Crippen LogP contribution in [0.5, 0.6) is 0 Å². The van der Waals surface area contributed by atoms with Crippen molar-refractivity contribution >= 4 is 29.6 Å². The van der Waals surface area contributed by atoms with Crippen molar-refractivity contribution in [3.63, 3.8) is 0 Å². The molecular weight excluding hydrogens is 140 g/mol. The molecule has 3 nitrogen and oxygen atoms in total. The minimum Gasteiger partial charge on any atom is -0.270 e. The Labute approximate surface area is 57.4 Å². The highest BCUT2D eigenvalue weighted by atomic mass is 35.5. The molecule has 0 saturated carbocycles. The molecule has 9 heavy (non-hydrogen) atoms. The van der Waals surface area contributed by atoms with E-state index in [2.05, 4.69) is 9.98 Å². The van der Waals surface area contributed by atoms with Gasteiger partial charge in [0, 0.05) is 5.71 Å². The number of aliphatic imine (C=N–C) groups is 2. The number of hydrogen-bond donors (Lipinski definition) is 0. The Kier molecular flexibility index (Phi) is 1.62. The van der Waals surface area contributed by atoms with E-state index in [4.69, 9.17) is 11.6 Å². The van der Waals surface area contributed by atoms with Gasteiger partial charge in [-0.15, -0.1) is 11.6 Å². The number of hydrogen-bond acceptors (Lipinski definition) is 2. The fourth-order valence-corrected chi connectivity index (χ4v) is 0.599. The van der Waals surface area contributed by atoms with Crippen molar-refractivity contribution in [3.8, 4) is 0 Å². The van der Waals surface area contributed by atoms with E-state index in [1.807, 2.05) is 0 Å². The first kappa shape index (κ1) is 6.42. The summed E-state index contributed by atoms with van der Waals surface area (Å²) in [4.78, 5) is 17.7. The maximum absolute atomic E-state index is 10.6. The Morgan fingerprint density at radius 3 is 2.89 bits per heavy atom. The van der Waals surface area contributed by atoms with Gasteiger partial charge in [0.05, 0.1) is 0 Å². The molecule has 1 rings (SSSR count). The lowest BCUT2D eigenvalue weighted by Gasteiger charge is -2.05. The molecule has 0 bridgehead atoms. The number of rotatable bonds is 0. The third-order valence-electron chi connectivity index (χ3n) is 1.03. The van der Waals surface area contributed by atoms with E-state index in [-0.39, 0.29) is 5.91 Å². The van der Waals surface area contributed by atoms with Crippen LogP contribution < -0.4 is 0 Å². The molecule has 0 N–H and O–H groups in total. The van der Waals surface area contributed by atoms with Crippen LogP contribution in [0.3, 0.4) is 0 Å². The third kappa shape index (κ3) is 1.16. The highest BCUT2D eigenvalue weighted by molar-refractivity contribution is 6.44. The van der Waals surface area contributed by atoms with Crippen molar-refractivity contribution in [2.45, 2.75) is 12.3 Å². The van der Waals surface area contributed by atoms with Gasteiger partial charge in [-0.3, -0.25) is 4.79 Å². The number of amides is 1. The van der Waals surface area contributed by atoms with Gasteiger partial charge in [0.15, 0.2) is 5.38 Å². The number of halogens is 1. The van der Waals surface area contributed by atoms with Crippen LogP contribution in [0, 0.1) is 0 Å². The first-order valence-electron chi connectivity index (χ1n) is 2.46. The van der Waals surface area contributed by atoms with Crippen LogP contribution in [0.15, 0.2) is 9.98 Å². The SMILES string of the molecule is CC1=NC=NC(=O)C1Cl. The van der Waals surface area contributed by atoms with Gasteiger partial charge in [0.1, 0.15) is 6.34 Å². The molecule has 1 unspecified atom stereocenters. The highest BCUT2D eigenvalue weighted by Gasteiger charge is 2.19. The normalized spacial score (nSPS) is 26.2. The van der Waals surface area contributed by atoms with Crippen molar-refractivity contribution in [1.82, 2.24) is 0 Å². The lowest BCUT2D eigenvalue weighted by atomic mass is 10.2. The Morgan fingerprint density at radius 2 is 2.44 bits per heavy atom. The molecule has 1 aliphatic rings. The van der Waals surface area contributed by atoms with Crippen LogP contribution in [-0.4, -0.2) is 23.3 Å². The smallest absolute Gasteiger partial charge is 0.270 e. The van der Waals surface area contributed by atoms with Crippen molar-refractivity contribution in [3.05, 3.63) is 0 Å². The fraction of sp³-hybridized carbons (Fsp3) is 0.400. The zero-order chi connectivity index (χ0) is 6.85. The topological polar surface area (TPSA) is 41.8 Å². The summed E-state index contributed by atoms with van der Waals surface area (Å²) in [5.41, 5.74) is 0.608. The molecular formula is C5H5ClN2O. The lowest BCUT2D eigenvalue weighted by molar-refractivity contribution is -0.116. The van der Waals surface area contributed by atoms with Gasteiger partial charge < -0.3 is 0 Å². The van der Waals surface area contributed by atoms with Gasteiger partial charge in [0.25, 0.3) is 5.91 Å². The quantitative estimate of drug-likeness (QED) is 0.460. The standard InChI is InChI=1S/C5H5ClN2O/c1-3-4(6)5(9)8-2-7-3/h2,4H,1H3. The molecule has 1 heterocycles. The Bertz CT molecular complexity index is 197. The van der Waals surface area contributed by atoms with E-state index in [1.54, 1.807) is 6.92 Å². The molecule has 48 valence electrons. The van der Waals surface area contributed by atoms with Gasteiger partial charge in [-0.25, -0.2) is 4.99 Å². The molecule has 0 saturated heterocycles.